The Morgan fingerprint density at radius 2 is 1.95 bits per heavy atom. The molecule has 2 N–H and O–H groups in total. The van der Waals surface area contributed by atoms with Gasteiger partial charge in [-0.05, 0) is 50.5 Å². The maximum atomic E-state index is 12.1. The molecule has 0 aromatic heterocycles. The average Bonchev–Trinajstić information content (AvgIpc) is 2.94. The largest absolute Gasteiger partial charge is 0.314 e. The van der Waals surface area contributed by atoms with Crippen LogP contribution in [0.2, 0.25) is 0 Å². The minimum Gasteiger partial charge on any atom is -0.314 e. The average molecular weight is 302 g/mol. The number of sulfonamides is 1. The number of nitrogens with one attached hydrogen (secondary N) is 2. The molecule has 20 heavy (non-hydrogen) atoms. The van der Waals surface area contributed by atoms with E-state index in [0.29, 0.717) is 12.6 Å². The molecule has 1 atom stereocenters. The van der Waals surface area contributed by atoms with E-state index >= 15 is 0 Å². The maximum Gasteiger partial charge on any atom is 0.211 e. The Kier molecular flexibility index (Phi) is 5.87. The highest BCUT2D eigenvalue weighted by Gasteiger charge is 2.33. The molecule has 2 fully saturated rings. The Balaban J connectivity index is 1.75. The summed E-state index contributed by atoms with van der Waals surface area (Å²) in [5.74, 6) is 0.268. The van der Waals surface area contributed by atoms with Gasteiger partial charge in [0.1, 0.15) is 0 Å². The van der Waals surface area contributed by atoms with Gasteiger partial charge in [-0.3, -0.25) is 0 Å². The van der Waals surface area contributed by atoms with Gasteiger partial charge in [-0.15, -0.1) is 0 Å². The summed E-state index contributed by atoms with van der Waals surface area (Å²) in [6, 6.07) is 0.395. The van der Waals surface area contributed by atoms with Gasteiger partial charge in [0.05, 0.1) is 5.75 Å². The SMILES string of the molecule is CCC1(CNS(=O)(=O)CCC2CCCCN2)CCCC1. The molecule has 5 heteroatoms. The van der Waals surface area contributed by atoms with Gasteiger partial charge in [-0.25, -0.2) is 13.1 Å². The van der Waals surface area contributed by atoms with Gasteiger partial charge in [-0.1, -0.05) is 26.2 Å². The summed E-state index contributed by atoms with van der Waals surface area (Å²) in [5, 5.41) is 3.42. The molecule has 1 aliphatic carbocycles. The molecule has 0 radical (unpaired) electrons. The summed E-state index contributed by atoms with van der Waals surface area (Å²) in [6.45, 7) is 3.87. The quantitative estimate of drug-likeness (QED) is 0.759. The van der Waals surface area contributed by atoms with Gasteiger partial charge in [0, 0.05) is 12.6 Å². The fourth-order valence-electron chi connectivity index (χ4n) is 3.58. The molecular weight excluding hydrogens is 272 g/mol. The highest BCUT2D eigenvalue weighted by molar-refractivity contribution is 7.89. The first-order valence-corrected chi connectivity index (χ1v) is 9.91. The lowest BCUT2D eigenvalue weighted by Gasteiger charge is -2.28. The summed E-state index contributed by atoms with van der Waals surface area (Å²) in [5.41, 5.74) is 0.232. The Morgan fingerprint density at radius 3 is 2.55 bits per heavy atom. The van der Waals surface area contributed by atoms with Gasteiger partial charge in [0.15, 0.2) is 0 Å². The third-order valence-corrected chi connectivity index (χ3v) is 6.59. The zero-order chi connectivity index (χ0) is 14.5. The van der Waals surface area contributed by atoms with E-state index in [0.717, 1.165) is 25.8 Å². The second kappa shape index (κ2) is 7.23. The van der Waals surface area contributed by atoms with Crippen molar-refractivity contribution in [3.05, 3.63) is 0 Å². The van der Waals surface area contributed by atoms with E-state index < -0.39 is 10.0 Å². The Morgan fingerprint density at radius 1 is 1.20 bits per heavy atom. The van der Waals surface area contributed by atoms with Crippen LogP contribution in [-0.2, 0) is 10.0 Å². The molecule has 0 amide bonds. The van der Waals surface area contributed by atoms with Gasteiger partial charge in [0.25, 0.3) is 0 Å². The number of rotatable bonds is 7. The first-order valence-electron chi connectivity index (χ1n) is 8.26. The molecule has 2 rings (SSSR count). The van der Waals surface area contributed by atoms with E-state index in [9.17, 15) is 8.42 Å². The van der Waals surface area contributed by atoms with Crippen LogP contribution in [0.3, 0.4) is 0 Å². The topological polar surface area (TPSA) is 58.2 Å². The van der Waals surface area contributed by atoms with Crippen LogP contribution in [-0.4, -0.2) is 33.3 Å². The van der Waals surface area contributed by atoms with Crippen molar-refractivity contribution < 1.29 is 8.42 Å². The number of piperidine rings is 1. The summed E-state index contributed by atoms with van der Waals surface area (Å²) < 4.78 is 27.2. The maximum absolute atomic E-state index is 12.1. The van der Waals surface area contributed by atoms with Crippen molar-refractivity contribution in [1.82, 2.24) is 10.0 Å². The fourth-order valence-corrected chi connectivity index (χ4v) is 4.85. The lowest BCUT2D eigenvalue weighted by atomic mass is 9.84. The first-order chi connectivity index (χ1) is 9.55. The van der Waals surface area contributed by atoms with E-state index in [-0.39, 0.29) is 11.2 Å². The van der Waals surface area contributed by atoms with Crippen LogP contribution in [0.15, 0.2) is 0 Å². The van der Waals surface area contributed by atoms with E-state index in [1.807, 2.05) is 0 Å². The van der Waals surface area contributed by atoms with Crippen LogP contribution >= 0.6 is 0 Å². The molecule has 0 aromatic carbocycles. The molecule has 1 saturated heterocycles. The molecule has 1 unspecified atom stereocenters. The van der Waals surface area contributed by atoms with Crippen molar-refractivity contribution in [2.45, 2.75) is 70.8 Å². The molecule has 0 spiro atoms. The van der Waals surface area contributed by atoms with Crippen molar-refractivity contribution in [3.63, 3.8) is 0 Å². The Hall–Kier alpha value is -0.130. The lowest BCUT2D eigenvalue weighted by molar-refractivity contribution is 0.285. The molecule has 0 aromatic rings. The highest BCUT2D eigenvalue weighted by Crippen LogP contribution is 2.40. The van der Waals surface area contributed by atoms with Crippen molar-refractivity contribution in [2.75, 3.05) is 18.8 Å². The number of hydrogen-bond acceptors (Lipinski definition) is 3. The molecule has 4 nitrogen and oxygen atoms in total. The molecule has 2 aliphatic rings. The third-order valence-electron chi connectivity index (χ3n) is 5.23. The van der Waals surface area contributed by atoms with Crippen LogP contribution in [0.1, 0.15) is 64.7 Å². The van der Waals surface area contributed by atoms with Crippen LogP contribution in [0.4, 0.5) is 0 Å². The molecule has 1 aliphatic heterocycles. The van der Waals surface area contributed by atoms with Crippen molar-refractivity contribution in [3.8, 4) is 0 Å². The second-order valence-electron chi connectivity index (χ2n) is 6.64. The third kappa shape index (κ3) is 4.71. The smallest absolute Gasteiger partial charge is 0.211 e. The minimum absolute atomic E-state index is 0.232. The van der Waals surface area contributed by atoms with Gasteiger partial charge in [-0.2, -0.15) is 0 Å². The second-order valence-corrected chi connectivity index (χ2v) is 8.56. The highest BCUT2D eigenvalue weighted by atomic mass is 32.2. The zero-order valence-corrected chi connectivity index (χ0v) is 13.6. The van der Waals surface area contributed by atoms with Gasteiger partial charge in [0.2, 0.25) is 10.0 Å². The Labute approximate surface area is 124 Å². The van der Waals surface area contributed by atoms with Crippen LogP contribution in [0.25, 0.3) is 0 Å². The normalized spacial score (nSPS) is 26.8. The minimum atomic E-state index is -3.11. The fraction of sp³-hybridized carbons (Fsp3) is 1.00. The van der Waals surface area contributed by atoms with Crippen molar-refractivity contribution in [2.24, 2.45) is 5.41 Å². The van der Waals surface area contributed by atoms with Crippen molar-refractivity contribution in [1.29, 1.82) is 0 Å². The van der Waals surface area contributed by atoms with E-state index in [2.05, 4.69) is 17.0 Å². The molecule has 1 heterocycles. The molecular formula is C15H30N2O2S. The summed E-state index contributed by atoms with van der Waals surface area (Å²) in [7, 11) is -3.11. The van der Waals surface area contributed by atoms with Crippen LogP contribution < -0.4 is 10.0 Å². The molecule has 1 saturated carbocycles. The first kappa shape index (κ1) is 16.2. The summed E-state index contributed by atoms with van der Waals surface area (Å²) in [6.07, 6.45) is 10.3. The monoisotopic (exact) mass is 302 g/mol. The zero-order valence-electron chi connectivity index (χ0n) is 12.8. The van der Waals surface area contributed by atoms with Crippen LogP contribution in [0, 0.1) is 5.41 Å². The van der Waals surface area contributed by atoms with E-state index in [4.69, 9.17) is 0 Å². The predicted octanol–water partition coefficient (Wildman–Crippen LogP) is 2.41. The lowest BCUT2D eigenvalue weighted by Crippen LogP contribution is -2.40. The predicted molar refractivity (Wildman–Crippen MR) is 83.2 cm³/mol. The molecule has 0 bridgehead atoms. The van der Waals surface area contributed by atoms with Crippen molar-refractivity contribution >= 4 is 10.0 Å². The number of hydrogen-bond donors (Lipinski definition) is 2. The van der Waals surface area contributed by atoms with Gasteiger partial charge >= 0.3 is 0 Å². The van der Waals surface area contributed by atoms with Crippen LogP contribution in [0.5, 0.6) is 0 Å². The summed E-state index contributed by atoms with van der Waals surface area (Å²) >= 11 is 0. The molecule has 118 valence electrons. The van der Waals surface area contributed by atoms with Gasteiger partial charge < -0.3 is 5.32 Å². The van der Waals surface area contributed by atoms with E-state index in [1.54, 1.807) is 0 Å². The Bertz CT molecular complexity index is 383. The van der Waals surface area contributed by atoms with E-state index in [1.165, 1.54) is 38.5 Å². The summed E-state index contributed by atoms with van der Waals surface area (Å²) in [4.78, 5) is 0. The standard InChI is InChI=1S/C15H30N2O2S/c1-2-15(9-4-5-10-15)13-17-20(18,19)12-8-14-7-3-6-11-16-14/h14,16-17H,2-13H2,1H3.